The number of aryl methyl sites for hydroxylation is 1. The number of benzene rings is 4. The molecule has 0 aliphatic rings. The number of para-hydroxylation sites is 1. The maximum atomic E-state index is 14.3. The molecule has 5 nitrogen and oxygen atoms in total. The molecule has 0 saturated heterocycles. The Bertz CT molecular complexity index is 1700. The van der Waals surface area contributed by atoms with Crippen LogP contribution in [0.15, 0.2) is 108 Å². The fourth-order valence-corrected chi connectivity index (χ4v) is 5.77. The lowest BCUT2D eigenvalue weighted by atomic mass is 10.0. The molecule has 5 aromatic rings. The van der Waals surface area contributed by atoms with Crippen LogP contribution in [0.25, 0.3) is 22.0 Å². The first kappa shape index (κ1) is 26.1. The van der Waals surface area contributed by atoms with Gasteiger partial charge in [0, 0.05) is 33.2 Å². The fraction of sp³-hybridized carbons (Fsp3) is 0.133. The predicted molar refractivity (Wildman–Crippen MR) is 147 cm³/mol. The maximum absolute atomic E-state index is 14.3. The molecule has 0 fully saturated rings. The number of hydrogen-bond acceptors (Lipinski definition) is 4. The van der Waals surface area contributed by atoms with E-state index in [1.807, 2.05) is 60.2 Å². The van der Waals surface area contributed by atoms with Crippen LogP contribution < -0.4 is 0 Å². The summed E-state index contributed by atoms with van der Waals surface area (Å²) in [6.07, 6.45) is 0.506. The summed E-state index contributed by atoms with van der Waals surface area (Å²) in [6.45, 7) is 1.31. The van der Waals surface area contributed by atoms with Gasteiger partial charge in [-0.05, 0) is 48.9 Å². The standard InChI is InChI=1S/C30H25ClFNO4S/c1-20-13-15-23(16-14-20)38(35,36)37-19-29(34)30(21-7-6-8-22(32)17-21)33-18-26(24-9-2-4-11-27(24)31)25-10-3-5-12-28(25)33/h2-18,29-30,34H,19H2,1H3/t29-,30+/m1/s1. The van der Waals surface area contributed by atoms with E-state index in [1.54, 1.807) is 30.3 Å². The zero-order chi connectivity index (χ0) is 26.9. The highest BCUT2D eigenvalue weighted by atomic mass is 35.5. The first-order chi connectivity index (χ1) is 18.2. The average Bonchev–Trinajstić information content (AvgIpc) is 3.27. The topological polar surface area (TPSA) is 68.5 Å². The van der Waals surface area contributed by atoms with Crippen molar-refractivity contribution in [3.8, 4) is 11.1 Å². The first-order valence-corrected chi connectivity index (χ1v) is 13.8. The Morgan fingerprint density at radius 1 is 0.921 bits per heavy atom. The van der Waals surface area contributed by atoms with Crippen LogP contribution in [-0.2, 0) is 14.3 Å². The summed E-state index contributed by atoms with van der Waals surface area (Å²) in [5.74, 6) is -0.476. The quantitative estimate of drug-likeness (QED) is 0.217. The predicted octanol–water partition coefficient (Wildman–Crippen LogP) is 6.77. The number of aliphatic hydroxyl groups is 1. The molecule has 0 saturated carbocycles. The van der Waals surface area contributed by atoms with E-state index in [2.05, 4.69) is 0 Å². The van der Waals surface area contributed by atoms with Gasteiger partial charge >= 0.3 is 0 Å². The molecule has 4 aromatic carbocycles. The Morgan fingerprint density at radius 2 is 1.63 bits per heavy atom. The Morgan fingerprint density at radius 3 is 2.37 bits per heavy atom. The van der Waals surface area contributed by atoms with Gasteiger partial charge in [0.2, 0.25) is 0 Å². The molecular weight excluding hydrogens is 525 g/mol. The monoisotopic (exact) mass is 549 g/mol. The molecule has 5 rings (SSSR count). The minimum atomic E-state index is -4.12. The Labute approximate surface area is 225 Å². The van der Waals surface area contributed by atoms with Crippen molar-refractivity contribution in [2.45, 2.75) is 24.0 Å². The van der Waals surface area contributed by atoms with E-state index in [-0.39, 0.29) is 4.90 Å². The van der Waals surface area contributed by atoms with Crippen LogP contribution in [-0.4, -0.2) is 30.8 Å². The van der Waals surface area contributed by atoms with E-state index in [0.717, 1.165) is 27.6 Å². The van der Waals surface area contributed by atoms with Crippen molar-refractivity contribution < 1.29 is 22.1 Å². The Hall–Kier alpha value is -3.49. The van der Waals surface area contributed by atoms with E-state index in [0.29, 0.717) is 10.6 Å². The van der Waals surface area contributed by atoms with Crippen LogP contribution in [0.4, 0.5) is 4.39 Å². The molecule has 0 radical (unpaired) electrons. The molecule has 0 bridgehead atoms. The molecule has 0 spiro atoms. The molecule has 1 aromatic heterocycles. The SMILES string of the molecule is Cc1ccc(S(=O)(=O)OC[C@@H](O)[C@H](c2cccc(F)c2)n2cc(-c3ccccc3Cl)c3ccccc32)cc1. The van der Waals surface area contributed by atoms with Gasteiger partial charge in [-0.1, -0.05) is 77.8 Å². The normalized spacial score (nSPS) is 13.5. The van der Waals surface area contributed by atoms with Gasteiger partial charge in [0.05, 0.1) is 17.5 Å². The van der Waals surface area contributed by atoms with E-state index in [9.17, 15) is 17.9 Å². The number of rotatable bonds is 8. The Kier molecular flexibility index (Phi) is 7.36. The molecule has 1 N–H and O–H groups in total. The average molecular weight is 550 g/mol. The molecule has 1 heterocycles. The highest BCUT2D eigenvalue weighted by Crippen LogP contribution is 2.38. The largest absolute Gasteiger partial charge is 0.388 e. The van der Waals surface area contributed by atoms with Gasteiger partial charge in [-0.25, -0.2) is 4.39 Å². The first-order valence-electron chi connectivity index (χ1n) is 12.0. The van der Waals surface area contributed by atoms with E-state index >= 15 is 0 Å². The van der Waals surface area contributed by atoms with E-state index in [1.165, 1.54) is 24.3 Å². The molecule has 38 heavy (non-hydrogen) atoms. The number of aromatic nitrogens is 1. The smallest absolute Gasteiger partial charge is 0.297 e. The lowest BCUT2D eigenvalue weighted by molar-refractivity contribution is 0.0784. The van der Waals surface area contributed by atoms with Crippen molar-refractivity contribution in [1.29, 1.82) is 0 Å². The van der Waals surface area contributed by atoms with Gasteiger partial charge in [0.1, 0.15) is 11.9 Å². The van der Waals surface area contributed by atoms with Crippen LogP contribution in [0, 0.1) is 12.7 Å². The van der Waals surface area contributed by atoms with Crippen molar-refractivity contribution in [3.05, 3.63) is 125 Å². The van der Waals surface area contributed by atoms with Crippen LogP contribution >= 0.6 is 11.6 Å². The van der Waals surface area contributed by atoms with Gasteiger partial charge in [-0.15, -0.1) is 0 Å². The summed E-state index contributed by atoms with van der Waals surface area (Å²) in [5, 5.41) is 12.8. The van der Waals surface area contributed by atoms with Crippen molar-refractivity contribution in [2.75, 3.05) is 6.61 Å². The lowest BCUT2D eigenvalue weighted by Gasteiger charge is -2.26. The molecule has 0 amide bonds. The number of aliphatic hydroxyl groups excluding tert-OH is 1. The van der Waals surface area contributed by atoms with E-state index in [4.69, 9.17) is 15.8 Å². The molecule has 8 heteroatoms. The Balaban J connectivity index is 1.58. The van der Waals surface area contributed by atoms with Crippen molar-refractivity contribution >= 4 is 32.6 Å². The number of halogens is 2. The van der Waals surface area contributed by atoms with Gasteiger partial charge < -0.3 is 9.67 Å². The molecule has 0 unspecified atom stereocenters. The number of nitrogens with zero attached hydrogens (tertiary/aromatic N) is 1. The van der Waals surface area contributed by atoms with Crippen LogP contribution in [0.3, 0.4) is 0 Å². The van der Waals surface area contributed by atoms with Crippen molar-refractivity contribution in [3.63, 3.8) is 0 Å². The molecule has 2 atom stereocenters. The third-order valence-corrected chi connectivity index (χ3v) is 8.09. The summed E-state index contributed by atoms with van der Waals surface area (Å²) in [7, 11) is -4.12. The van der Waals surface area contributed by atoms with Gasteiger partial charge in [-0.3, -0.25) is 4.18 Å². The van der Waals surface area contributed by atoms with Gasteiger partial charge in [0.25, 0.3) is 10.1 Å². The summed E-state index contributed by atoms with van der Waals surface area (Å²) in [6, 6.07) is 26.3. The molecule has 194 valence electrons. The van der Waals surface area contributed by atoms with Gasteiger partial charge in [-0.2, -0.15) is 8.42 Å². The fourth-order valence-electron chi connectivity index (χ4n) is 4.61. The zero-order valence-electron chi connectivity index (χ0n) is 20.5. The zero-order valence-corrected chi connectivity index (χ0v) is 22.0. The van der Waals surface area contributed by atoms with Crippen molar-refractivity contribution in [1.82, 2.24) is 4.57 Å². The molecule has 0 aliphatic carbocycles. The lowest BCUT2D eigenvalue weighted by Crippen LogP contribution is -2.30. The highest BCUT2D eigenvalue weighted by molar-refractivity contribution is 7.86. The third kappa shape index (κ3) is 5.24. The minimum Gasteiger partial charge on any atom is -0.388 e. The number of hydrogen-bond donors (Lipinski definition) is 1. The van der Waals surface area contributed by atoms with Crippen LogP contribution in [0.1, 0.15) is 17.2 Å². The minimum absolute atomic E-state index is 0.00924. The summed E-state index contributed by atoms with van der Waals surface area (Å²) in [5.41, 5.74) is 3.75. The van der Waals surface area contributed by atoms with Crippen molar-refractivity contribution in [2.24, 2.45) is 0 Å². The molecule has 0 aliphatic heterocycles. The van der Waals surface area contributed by atoms with Crippen LogP contribution in [0.2, 0.25) is 5.02 Å². The highest BCUT2D eigenvalue weighted by Gasteiger charge is 2.29. The van der Waals surface area contributed by atoms with Gasteiger partial charge in [0.15, 0.2) is 0 Å². The summed E-state index contributed by atoms with van der Waals surface area (Å²) >= 11 is 6.52. The maximum Gasteiger partial charge on any atom is 0.297 e. The van der Waals surface area contributed by atoms with E-state index < -0.39 is 34.7 Å². The third-order valence-electron chi connectivity index (χ3n) is 6.46. The second-order valence-electron chi connectivity index (χ2n) is 9.07. The van der Waals surface area contributed by atoms with Crippen LogP contribution in [0.5, 0.6) is 0 Å². The second kappa shape index (κ2) is 10.7. The number of fused-ring (bicyclic) bond motifs is 1. The summed E-state index contributed by atoms with van der Waals surface area (Å²) in [4.78, 5) is -0.00924. The summed E-state index contributed by atoms with van der Waals surface area (Å²) < 4.78 is 47.1. The second-order valence-corrected chi connectivity index (χ2v) is 11.1. The molecular formula is C30H25ClFNO4S.